The van der Waals surface area contributed by atoms with Crippen molar-refractivity contribution in [1.29, 1.82) is 0 Å². The average Bonchev–Trinajstić information content (AvgIpc) is 3.20. The number of aromatic nitrogens is 1. The van der Waals surface area contributed by atoms with Crippen molar-refractivity contribution in [2.45, 2.75) is 44.7 Å². The minimum Gasteiger partial charge on any atom is -0.342 e. The van der Waals surface area contributed by atoms with Crippen molar-refractivity contribution in [3.8, 4) is 0 Å². The normalized spacial score (nSPS) is 18.3. The van der Waals surface area contributed by atoms with Crippen LogP contribution in [0.25, 0.3) is 17.0 Å². The lowest BCUT2D eigenvalue weighted by Crippen LogP contribution is -2.58. The van der Waals surface area contributed by atoms with E-state index in [9.17, 15) is 24.5 Å². The fourth-order valence-electron chi connectivity index (χ4n) is 4.94. The predicted octanol–water partition coefficient (Wildman–Crippen LogP) is 4.39. The van der Waals surface area contributed by atoms with Gasteiger partial charge in [-0.05, 0) is 30.5 Å². The van der Waals surface area contributed by atoms with Crippen LogP contribution in [-0.4, -0.2) is 38.3 Å². The summed E-state index contributed by atoms with van der Waals surface area (Å²) in [5, 5.41) is 14.1. The Morgan fingerprint density at radius 3 is 2.43 bits per heavy atom. The van der Waals surface area contributed by atoms with Gasteiger partial charge in [0.25, 0.3) is 17.5 Å². The van der Waals surface area contributed by atoms with Crippen molar-refractivity contribution in [2.75, 3.05) is 0 Å². The summed E-state index contributed by atoms with van der Waals surface area (Å²) >= 11 is 0. The van der Waals surface area contributed by atoms with E-state index in [-0.39, 0.29) is 17.3 Å². The highest BCUT2D eigenvalue weighted by Gasteiger charge is 2.40. The molecule has 1 saturated heterocycles. The molecule has 178 valence electrons. The summed E-state index contributed by atoms with van der Waals surface area (Å²) < 4.78 is 1.97. The number of amides is 4. The second-order valence-electron chi connectivity index (χ2n) is 8.94. The molecule has 2 fully saturated rings. The second-order valence-corrected chi connectivity index (χ2v) is 8.94. The van der Waals surface area contributed by atoms with Gasteiger partial charge >= 0.3 is 6.03 Å². The minimum atomic E-state index is -0.695. The van der Waals surface area contributed by atoms with Crippen LogP contribution in [0.1, 0.15) is 43.2 Å². The number of urea groups is 1. The van der Waals surface area contributed by atoms with Gasteiger partial charge in [0.1, 0.15) is 5.57 Å². The van der Waals surface area contributed by atoms with E-state index in [0.717, 1.165) is 48.6 Å². The van der Waals surface area contributed by atoms with E-state index >= 15 is 0 Å². The van der Waals surface area contributed by atoms with Gasteiger partial charge in [-0.2, -0.15) is 0 Å². The standard InChI is InChI=1S/C26H24N4O5/c31-24-22(25(32)29(26(33)27-24)19-6-2-1-3-7-19)14-18-16-28(23-9-5-4-8-21(18)23)15-17-10-12-20(13-11-17)30(34)35/h4-5,8-14,16,19H,1-3,6-7,15H2,(H,27,31,33). The SMILES string of the molecule is O=C1NC(=O)N(C2CCCCC2)C(=O)C1=Cc1cn(Cc2ccc([N+](=O)[O-])cc2)c2ccccc12. The van der Waals surface area contributed by atoms with Gasteiger partial charge in [0.15, 0.2) is 0 Å². The van der Waals surface area contributed by atoms with E-state index in [1.165, 1.54) is 17.0 Å². The highest BCUT2D eigenvalue weighted by Crippen LogP contribution is 2.29. The third-order valence-electron chi connectivity index (χ3n) is 6.69. The number of nitrogens with one attached hydrogen (secondary N) is 1. The van der Waals surface area contributed by atoms with Crippen LogP contribution >= 0.6 is 0 Å². The molecule has 0 spiro atoms. The van der Waals surface area contributed by atoms with Crippen LogP contribution in [0.15, 0.2) is 60.3 Å². The van der Waals surface area contributed by atoms with Gasteiger partial charge < -0.3 is 4.57 Å². The molecule has 0 unspecified atom stereocenters. The summed E-state index contributed by atoms with van der Waals surface area (Å²) in [6.45, 7) is 0.453. The molecule has 3 aromatic rings. The van der Waals surface area contributed by atoms with Crippen molar-refractivity contribution < 1.29 is 19.3 Å². The Balaban J connectivity index is 1.50. The van der Waals surface area contributed by atoms with Crippen LogP contribution in [0.3, 0.4) is 0 Å². The molecule has 2 aromatic carbocycles. The first kappa shape index (κ1) is 22.5. The Morgan fingerprint density at radius 1 is 1.00 bits per heavy atom. The maximum absolute atomic E-state index is 13.3. The molecule has 1 N–H and O–H groups in total. The van der Waals surface area contributed by atoms with Crippen molar-refractivity contribution in [2.24, 2.45) is 0 Å². The van der Waals surface area contributed by atoms with E-state index in [0.29, 0.717) is 12.1 Å². The van der Waals surface area contributed by atoms with Gasteiger partial charge in [-0.1, -0.05) is 49.6 Å². The first-order chi connectivity index (χ1) is 16.9. The second kappa shape index (κ2) is 9.17. The summed E-state index contributed by atoms with van der Waals surface area (Å²) in [5.74, 6) is -1.25. The fraction of sp³-hybridized carbons (Fsp3) is 0.269. The molecule has 1 saturated carbocycles. The molecule has 5 rings (SSSR count). The number of rotatable bonds is 5. The van der Waals surface area contributed by atoms with E-state index in [1.54, 1.807) is 18.2 Å². The molecule has 9 heteroatoms. The number of para-hydroxylation sites is 1. The number of imide groups is 2. The summed E-state index contributed by atoms with van der Waals surface area (Å²) in [4.78, 5) is 50.2. The highest BCUT2D eigenvalue weighted by molar-refractivity contribution is 6.31. The number of hydrogen-bond acceptors (Lipinski definition) is 5. The molecule has 0 bridgehead atoms. The van der Waals surface area contributed by atoms with E-state index < -0.39 is 22.8 Å². The van der Waals surface area contributed by atoms with E-state index in [4.69, 9.17) is 0 Å². The number of fused-ring (bicyclic) bond motifs is 1. The lowest BCUT2D eigenvalue weighted by molar-refractivity contribution is -0.384. The minimum absolute atomic E-state index is 0.0235. The van der Waals surface area contributed by atoms with Gasteiger partial charge in [0.05, 0.1) is 4.92 Å². The van der Waals surface area contributed by atoms with Crippen LogP contribution in [0.5, 0.6) is 0 Å². The zero-order valence-electron chi connectivity index (χ0n) is 19.0. The van der Waals surface area contributed by atoms with Crippen LogP contribution in [0.4, 0.5) is 10.5 Å². The maximum atomic E-state index is 13.3. The molecule has 1 aromatic heterocycles. The predicted molar refractivity (Wildman–Crippen MR) is 129 cm³/mol. The number of carbonyl (C=O) groups excluding carboxylic acids is 3. The molecule has 4 amide bonds. The first-order valence-corrected chi connectivity index (χ1v) is 11.6. The van der Waals surface area contributed by atoms with Crippen molar-refractivity contribution in [3.63, 3.8) is 0 Å². The van der Waals surface area contributed by atoms with Crippen molar-refractivity contribution in [1.82, 2.24) is 14.8 Å². The number of benzene rings is 2. The van der Waals surface area contributed by atoms with Crippen molar-refractivity contribution >= 4 is 40.5 Å². The summed E-state index contributed by atoms with van der Waals surface area (Å²) in [7, 11) is 0. The van der Waals surface area contributed by atoms with Crippen LogP contribution in [-0.2, 0) is 16.1 Å². The molecule has 9 nitrogen and oxygen atoms in total. The molecular weight excluding hydrogens is 448 g/mol. The Kier molecular flexibility index (Phi) is 5.90. The van der Waals surface area contributed by atoms with Gasteiger partial charge in [-0.25, -0.2) is 4.79 Å². The van der Waals surface area contributed by atoms with Gasteiger partial charge in [0.2, 0.25) is 0 Å². The number of nitro benzene ring substituents is 1. The van der Waals surface area contributed by atoms with Crippen LogP contribution in [0, 0.1) is 10.1 Å². The van der Waals surface area contributed by atoms with Crippen molar-refractivity contribution in [3.05, 3.63) is 81.5 Å². The third kappa shape index (κ3) is 4.32. The third-order valence-corrected chi connectivity index (χ3v) is 6.69. The lowest BCUT2D eigenvalue weighted by Gasteiger charge is -2.35. The highest BCUT2D eigenvalue weighted by atomic mass is 16.6. The fourth-order valence-corrected chi connectivity index (χ4v) is 4.94. The molecule has 1 aliphatic heterocycles. The number of non-ortho nitro benzene ring substituents is 1. The average molecular weight is 473 g/mol. The number of hydrogen-bond donors (Lipinski definition) is 1. The van der Waals surface area contributed by atoms with Gasteiger partial charge in [0, 0.05) is 47.4 Å². The van der Waals surface area contributed by atoms with Gasteiger partial charge in [-0.3, -0.25) is 29.9 Å². The van der Waals surface area contributed by atoms with Crippen LogP contribution in [0.2, 0.25) is 0 Å². The smallest absolute Gasteiger partial charge is 0.331 e. The Hall–Kier alpha value is -4.27. The Morgan fingerprint density at radius 2 is 1.71 bits per heavy atom. The molecule has 2 heterocycles. The molecular formula is C26H24N4O5. The molecule has 2 aliphatic rings. The molecule has 35 heavy (non-hydrogen) atoms. The summed E-state index contributed by atoms with van der Waals surface area (Å²) in [5.41, 5.74) is 2.40. The Labute approximate surface area is 201 Å². The number of nitro groups is 1. The molecule has 0 radical (unpaired) electrons. The first-order valence-electron chi connectivity index (χ1n) is 11.6. The van der Waals surface area contributed by atoms with Gasteiger partial charge in [-0.15, -0.1) is 0 Å². The zero-order chi connectivity index (χ0) is 24.5. The summed E-state index contributed by atoms with van der Waals surface area (Å²) in [6, 6.07) is 13.1. The largest absolute Gasteiger partial charge is 0.342 e. The molecule has 0 atom stereocenters. The topological polar surface area (TPSA) is 115 Å². The Bertz CT molecular complexity index is 1370. The van der Waals surface area contributed by atoms with E-state index in [2.05, 4.69) is 5.32 Å². The lowest BCUT2D eigenvalue weighted by atomic mass is 9.93. The number of barbiturate groups is 1. The monoisotopic (exact) mass is 472 g/mol. The number of carbonyl (C=O) groups is 3. The van der Waals surface area contributed by atoms with Crippen LogP contribution < -0.4 is 5.32 Å². The number of nitrogens with zero attached hydrogens (tertiary/aromatic N) is 3. The molecule has 1 aliphatic carbocycles. The zero-order valence-corrected chi connectivity index (χ0v) is 19.0. The maximum Gasteiger partial charge on any atom is 0.331 e. The quantitative estimate of drug-likeness (QED) is 0.256. The van der Waals surface area contributed by atoms with E-state index in [1.807, 2.05) is 35.0 Å². The summed E-state index contributed by atoms with van der Waals surface area (Å²) in [6.07, 6.45) is 7.87.